The van der Waals surface area contributed by atoms with E-state index in [1.54, 1.807) is 0 Å². The molecule has 0 N–H and O–H groups in total. The summed E-state index contributed by atoms with van der Waals surface area (Å²) in [5.74, 6) is 0. The van der Waals surface area contributed by atoms with Crippen LogP contribution < -0.4 is 30.5 Å². The topological polar surface area (TPSA) is 6.48 Å². The summed E-state index contributed by atoms with van der Waals surface area (Å²) >= 11 is 0. The molecule has 0 unspecified atom stereocenters. The predicted molar refractivity (Wildman–Crippen MR) is 257 cm³/mol. The molecular formula is C57H46N2Si. The van der Waals surface area contributed by atoms with Gasteiger partial charge in [-0.05, 0) is 116 Å². The van der Waals surface area contributed by atoms with Gasteiger partial charge in [0.1, 0.15) is 0 Å². The van der Waals surface area contributed by atoms with Crippen molar-refractivity contribution in [2.45, 2.75) is 19.3 Å². The summed E-state index contributed by atoms with van der Waals surface area (Å²) in [5, 5.41) is 5.32. The van der Waals surface area contributed by atoms with E-state index in [2.05, 4.69) is 266 Å². The number of hydrogen-bond donors (Lipinski definition) is 0. The van der Waals surface area contributed by atoms with E-state index in [-0.39, 0.29) is 5.41 Å². The molecule has 0 radical (unpaired) electrons. The zero-order chi connectivity index (χ0) is 40.5. The molecule has 10 rings (SSSR count). The molecule has 9 aromatic rings. The molecule has 1 aliphatic rings. The van der Waals surface area contributed by atoms with Gasteiger partial charge in [-0.3, -0.25) is 0 Å². The van der Waals surface area contributed by atoms with Crippen LogP contribution in [0.5, 0.6) is 0 Å². The third-order valence-electron chi connectivity index (χ3n) is 12.4. The second kappa shape index (κ2) is 15.5. The molecule has 1 aliphatic carbocycles. The van der Waals surface area contributed by atoms with Crippen molar-refractivity contribution in [3.8, 4) is 11.1 Å². The van der Waals surface area contributed by atoms with Gasteiger partial charge in [0.15, 0.2) is 8.07 Å². The number of nitrogens with zero attached hydrogens (tertiary/aromatic N) is 2. The second-order valence-corrected chi connectivity index (χ2v) is 20.0. The van der Waals surface area contributed by atoms with Crippen molar-refractivity contribution >= 4 is 62.9 Å². The molecule has 0 aromatic heterocycles. The van der Waals surface area contributed by atoms with Crippen molar-refractivity contribution in [3.63, 3.8) is 0 Å². The van der Waals surface area contributed by atoms with Gasteiger partial charge in [0.2, 0.25) is 0 Å². The molecule has 2 nitrogen and oxygen atoms in total. The van der Waals surface area contributed by atoms with Crippen LogP contribution in [-0.4, -0.2) is 8.07 Å². The smallest absolute Gasteiger partial charge is 0.179 e. The van der Waals surface area contributed by atoms with Gasteiger partial charge in [-0.2, -0.15) is 0 Å². The van der Waals surface area contributed by atoms with Crippen molar-refractivity contribution in [3.05, 3.63) is 254 Å². The maximum absolute atomic E-state index is 2.92. The SMILES string of the molecule is CC1(C)c2ccccc2-c2cc(N(c3ccccc3)c3cccc([Si](c4ccccc4)(c4ccccc4)c4ccc(N(c5ccccc5)c5ccccc5)cc4)c3)ccc21. The van der Waals surface area contributed by atoms with E-state index in [4.69, 9.17) is 0 Å². The summed E-state index contributed by atoms with van der Waals surface area (Å²) in [5.41, 5.74) is 12.1. The fourth-order valence-corrected chi connectivity index (χ4v) is 14.4. The van der Waals surface area contributed by atoms with Crippen LogP contribution in [-0.2, 0) is 5.41 Å². The minimum atomic E-state index is -2.92. The van der Waals surface area contributed by atoms with E-state index in [9.17, 15) is 0 Å². The van der Waals surface area contributed by atoms with Crippen molar-refractivity contribution in [1.82, 2.24) is 0 Å². The van der Waals surface area contributed by atoms with Crippen molar-refractivity contribution in [2.24, 2.45) is 0 Å². The third-order valence-corrected chi connectivity index (χ3v) is 17.2. The molecule has 288 valence electrons. The first kappa shape index (κ1) is 37.1. The Balaban J connectivity index is 1.17. The molecule has 0 amide bonds. The van der Waals surface area contributed by atoms with Gasteiger partial charge >= 0.3 is 0 Å². The maximum Gasteiger partial charge on any atom is 0.179 e. The fraction of sp³-hybridized carbons (Fsp3) is 0.0526. The summed E-state index contributed by atoms with van der Waals surface area (Å²) in [6, 6.07) is 89.3. The number of anilines is 6. The van der Waals surface area contributed by atoms with Crippen molar-refractivity contribution in [2.75, 3.05) is 9.80 Å². The van der Waals surface area contributed by atoms with Crippen molar-refractivity contribution in [1.29, 1.82) is 0 Å². The number of benzene rings is 9. The Kier molecular flexibility index (Phi) is 9.59. The maximum atomic E-state index is 2.47. The third kappa shape index (κ3) is 6.35. The van der Waals surface area contributed by atoms with Crippen LogP contribution in [0.2, 0.25) is 0 Å². The highest BCUT2D eigenvalue weighted by atomic mass is 28.3. The van der Waals surface area contributed by atoms with Gasteiger partial charge < -0.3 is 9.80 Å². The van der Waals surface area contributed by atoms with E-state index >= 15 is 0 Å². The van der Waals surface area contributed by atoms with Crippen LogP contribution in [0.25, 0.3) is 11.1 Å². The first-order valence-electron chi connectivity index (χ1n) is 20.9. The lowest BCUT2D eigenvalue weighted by atomic mass is 9.82. The van der Waals surface area contributed by atoms with E-state index < -0.39 is 8.07 Å². The zero-order valence-electron chi connectivity index (χ0n) is 34.0. The van der Waals surface area contributed by atoms with E-state index in [1.807, 2.05) is 0 Å². The summed E-state index contributed by atoms with van der Waals surface area (Å²) < 4.78 is 0. The molecule has 3 heteroatoms. The lowest BCUT2D eigenvalue weighted by Crippen LogP contribution is -2.74. The highest BCUT2D eigenvalue weighted by molar-refractivity contribution is 7.19. The Hall–Kier alpha value is -7.20. The Morgan fingerprint density at radius 2 is 0.650 bits per heavy atom. The van der Waals surface area contributed by atoms with E-state index in [0.717, 1.165) is 34.1 Å². The zero-order valence-corrected chi connectivity index (χ0v) is 35.0. The highest BCUT2D eigenvalue weighted by Crippen LogP contribution is 2.50. The van der Waals surface area contributed by atoms with Gasteiger partial charge in [-0.1, -0.05) is 184 Å². The molecular weight excluding hydrogens is 741 g/mol. The van der Waals surface area contributed by atoms with Crippen LogP contribution in [0, 0.1) is 0 Å². The minimum Gasteiger partial charge on any atom is -0.311 e. The quantitative estimate of drug-likeness (QED) is 0.101. The standard InChI is InChI=1S/C57H46N2Si/c1-57(2)55-34-19-18-33-53(55)54-42-48(37-40-56(54)57)59(45-25-12-5-13-26-45)47-27-20-32-52(41-47)60(49-28-14-6-15-29-49,50-30-16-7-17-31-50)51-38-35-46(36-39-51)58(43-21-8-3-9-22-43)44-23-10-4-11-24-44/h3-42H,1-2H3. The molecule has 0 saturated heterocycles. The Labute approximate surface area is 355 Å². The Bertz CT molecular complexity index is 2800. The first-order valence-corrected chi connectivity index (χ1v) is 22.9. The molecule has 0 heterocycles. The summed E-state index contributed by atoms with van der Waals surface area (Å²) in [4.78, 5) is 4.78. The van der Waals surface area contributed by atoms with E-state index in [0.29, 0.717) is 0 Å². The Morgan fingerprint density at radius 3 is 1.20 bits per heavy atom. The number of hydrogen-bond acceptors (Lipinski definition) is 2. The first-order chi connectivity index (χ1) is 29.5. The molecule has 0 atom stereocenters. The van der Waals surface area contributed by atoms with Crippen LogP contribution in [0.1, 0.15) is 25.0 Å². The van der Waals surface area contributed by atoms with Crippen molar-refractivity contribution < 1.29 is 0 Å². The molecule has 0 fully saturated rings. The van der Waals surface area contributed by atoms with Crippen LogP contribution >= 0.6 is 0 Å². The summed E-state index contributed by atoms with van der Waals surface area (Å²) in [6.45, 7) is 4.70. The lowest BCUT2D eigenvalue weighted by Gasteiger charge is -2.36. The minimum absolute atomic E-state index is 0.0622. The molecule has 0 spiro atoms. The number of fused-ring (bicyclic) bond motifs is 3. The fourth-order valence-electron chi connectivity index (χ4n) is 9.59. The second-order valence-electron chi connectivity index (χ2n) is 16.2. The van der Waals surface area contributed by atoms with Crippen LogP contribution in [0.3, 0.4) is 0 Å². The summed E-state index contributed by atoms with van der Waals surface area (Å²) in [6.07, 6.45) is 0. The monoisotopic (exact) mass is 786 g/mol. The molecule has 0 aliphatic heterocycles. The van der Waals surface area contributed by atoms with Gasteiger partial charge in [0.25, 0.3) is 0 Å². The number of para-hydroxylation sites is 3. The predicted octanol–water partition coefficient (Wildman–Crippen LogP) is 12.3. The summed E-state index contributed by atoms with van der Waals surface area (Å²) in [7, 11) is -2.92. The molecule has 9 aromatic carbocycles. The van der Waals surface area contributed by atoms with Gasteiger partial charge in [-0.25, -0.2) is 0 Å². The van der Waals surface area contributed by atoms with Crippen LogP contribution in [0.15, 0.2) is 243 Å². The van der Waals surface area contributed by atoms with Gasteiger partial charge in [0, 0.05) is 39.5 Å². The molecule has 0 saturated carbocycles. The van der Waals surface area contributed by atoms with Gasteiger partial charge in [0.05, 0.1) is 0 Å². The highest BCUT2D eigenvalue weighted by Gasteiger charge is 2.42. The van der Waals surface area contributed by atoms with Crippen LogP contribution in [0.4, 0.5) is 34.1 Å². The van der Waals surface area contributed by atoms with Gasteiger partial charge in [-0.15, -0.1) is 0 Å². The molecule has 60 heavy (non-hydrogen) atoms. The largest absolute Gasteiger partial charge is 0.311 e. The Morgan fingerprint density at radius 1 is 0.283 bits per heavy atom. The average molecular weight is 787 g/mol. The average Bonchev–Trinajstić information content (AvgIpc) is 3.54. The lowest BCUT2D eigenvalue weighted by molar-refractivity contribution is 0.660. The normalized spacial score (nSPS) is 12.6. The number of rotatable bonds is 10. The van der Waals surface area contributed by atoms with E-state index in [1.165, 1.54) is 43.0 Å². The molecule has 0 bridgehead atoms.